The molecule has 36 heavy (non-hydrogen) atoms. The molecule has 4 saturated heterocycles. The number of nitrogens with one attached hydrogen (secondary N) is 2. The Bertz CT molecular complexity index is 833. The number of aliphatic hydroxyl groups excluding tert-OH is 1. The lowest BCUT2D eigenvalue weighted by molar-refractivity contribution is -0.152. The minimum Gasteiger partial charge on any atom is -0.394 e. The molecule has 4 heterocycles. The number of ether oxygens (including phenoxy) is 2. The second kappa shape index (κ2) is 10.9. The molecule has 0 aromatic heterocycles. The minimum atomic E-state index is -1.06. The Hall–Kier alpha value is -1.75. The highest BCUT2D eigenvalue weighted by Crippen LogP contribution is 2.64. The minimum absolute atomic E-state index is 0.0671. The molecule has 4 fully saturated rings. The molecule has 6 atom stereocenters. The van der Waals surface area contributed by atoms with E-state index in [-0.39, 0.29) is 30.2 Å². The number of nitrogens with zero attached hydrogens (tertiary/aromatic N) is 2. The molecule has 2 bridgehead atoms. The molecule has 10 nitrogen and oxygen atoms in total. The van der Waals surface area contributed by atoms with Crippen molar-refractivity contribution in [2.24, 2.45) is 17.8 Å². The van der Waals surface area contributed by atoms with Gasteiger partial charge in [0.1, 0.15) is 11.6 Å². The molecule has 0 radical (unpaired) electrons. The first kappa shape index (κ1) is 27.3. The summed E-state index contributed by atoms with van der Waals surface area (Å²) < 4.78 is 12.1. The lowest BCUT2D eigenvalue weighted by Gasteiger charge is -2.39. The van der Waals surface area contributed by atoms with E-state index in [0.717, 1.165) is 19.5 Å². The number of likely N-dealkylation sites (tertiary alicyclic amines) is 1. The topological polar surface area (TPSA) is 120 Å². The van der Waals surface area contributed by atoms with Gasteiger partial charge in [0, 0.05) is 32.7 Å². The lowest BCUT2D eigenvalue weighted by atomic mass is 9.65. The summed E-state index contributed by atoms with van der Waals surface area (Å²) in [6.45, 7) is 12.3. The number of morpholine rings is 1. The van der Waals surface area contributed by atoms with Gasteiger partial charge in [-0.25, -0.2) is 0 Å². The maximum absolute atomic E-state index is 14.1. The van der Waals surface area contributed by atoms with Crippen molar-refractivity contribution in [1.82, 2.24) is 20.4 Å². The van der Waals surface area contributed by atoms with Crippen molar-refractivity contribution in [2.75, 3.05) is 52.5 Å². The van der Waals surface area contributed by atoms with E-state index in [1.54, 1.807) is 4.90 Å². The highest BCUT2D eigenvalue weighted by molar-refractivity contribution is 5.99. The molecule has 4 aliphatic heterocycles. The molecule has 0 aromatic rings. The second-order valence-electron chi connectivity index (χ2n) is 11.1. The number of hydrogen-bond donors (Lipinski definition) is 3. The smallest absolute Gasteiger partial charge is 0.245 e. The highest BCUT2D eigenvalue weighted by atomic mass is 16.5. The van der Waals surface area contributed by atoms with Gasteiger partial charge >= 0.3 is 0 Å². The summed E-state index contributed by atoms with van der Waals surface area (Å²) in [5, 5.41) is 16.3. The Morgan fingerprint density at radius 3 is 2.42 bits per heavy atom. The van der Waals surface area contributed by atoms with Crippen molar-refractivity contribution in [3.63, 3.8) is 0 Å². The molecular weight excluding hydrogens is 464 g/mol. The number of carbonyl (C=O) groups is 3. The Morgan fingerprint density at radius 1 is 1.11 bits per heavy atom. The van der Waals surface area contributed by atoms with Crippen LogP contribution in [0.15, 0.2) is 0 Å². The van der Waals surface area contributed by atoms with E-state index >= 15 is 0 Å². The van der Waals surface area contributed by atoms with Gasteiger partial charge in [-0.05, 0) is 31.6 Å². The number of fused-ring (bicyclic) bond motifs is 1. The number of carbonyl (C=O) groups excluding carboxylic acids is 3. The molecule has 10 heteroatoms. The van der Waals surface area contributed by atoms with Gasteiger partial charge in [0.05, 0.1) is 43.3 Å². The molecule has 2 unspecified atom stereocenters. The number of rotatable bonds is 11. The van der Waals surface area contributed by atoms with Gasteiger partial charge in [-0.3, -0.25) is 19.3 Å². The standard InChI is InChI=1S/C26H44N4O6/c1-5-9-27-22(32)19-20-24(34)30(18(16-31)17(3)4)21(26(20)8-7-25(19,6-2)36-26)23(33)28-10-11-29-12-14-35-15-13-29/h17-21,31H,5-16H2,1-4H3,(H,27,32)(H,28,33)/t18-,19-,20-,21?,25+,26?/m0/s1. The molecule has 0 aromatic carbocycles. The fraction of sp³-hybridized carbons (Fsp3) is 0.885. The van der Waals surface area contributed by atoms with Crippen LogP contribution in [0.5, 0.6) is 0 Å². The largest absolute Gasteiger partial charge is 0.394 e. The van der Waals surface area contributed by atoms with E-state index in [4.69, 9.17) is 9.47 Å². The van der Waals surface area contributed by atoms with Crippen molar-refractivity contribution in [3.05, 3.63) is 0 Å². The summed E-state index contributed by atoms with van der Waals surface area (Å²) >= 11 is 0. The maximum atomic E-state index is 14.1. The fourth-order valence-electron chi connectivity index (χ4n) is 6.95. The fourth-order valence-corrected chi connectivity index (χ4v) is 6.95. The zero-order valence-electron chi connectivity index (χ0n) is 22.3. The van der Waals surface area contributed by atoms with Crippen LogP contribution in [-0.4, -0.2) is 108 Å². The van der Waals surface area contributed by atoms with Crippen LogP contribution in [0.2, 0.25) is 0 Å². The third-order valence-corrected chi connectivity index (χ3v) is 8.84. The summed E-state index contributed by atoms with van der Waals surface area (Å²) in [4.78, 5) is 45.2. The summed E-state index contributed by atoms with van der Waals surface area (Å²) in [6.07, 6.45) is 2.57. The normalized spacial score (nSPS) is 34.8. The van der Waals surface area contributed by atoms with Gasteiger partial charge in [-0.15, -0.1) is 0 Å². The molecule has 0 aliphatic carbocycles. The van der Waals surface area contributed by atoms with Gasteiger partial charge in [0.25, 0.3) is 0 Å². The Labute approximate surface area is 214 Å². The van der Waals surface area contributed by atoms with E-state index in [9.17, 15) is 19.5 Å². The highest BCUT2D eigenvalue weighted by Gasteiger charge is 2.79. The zero-order chi connectivity index (χ0) is 26.1. The quantitative estimate of drug-likeness (QED) is 0.363. The van der Waals surface area contributed by atoms with Crippen LogP contribution in [0, 0.1) is 17.8 Å². The lowest BCUT2D eigenvalue weighted by Crippen LogP contribution is -2.59. The predicted octanol–water partition coefficient (Wildman–Crippen LogP) is 0.133. The van der Waals surface area contributed by atoms with Crippen LogP contribution in [0.4, 0.5) is 0 Å². The van der Waals surface area contributed by atoms with Gasteiger partial charge < -0.3 is 30.1 Å². The van der Waals surface area contributed by atoms with Gasteiger partial charge in [0.15, 0.2) is 0 Å². The van der Waals surface area contributed by atoms with E-state index in [2.05, 4.69) is 15.5 Å². The average Bonchev–Trinajstić information content (AvgIpc) is 3.47. The van der Waals surface area contributed by atoms with E-state index < -0.39 is 35.1 Å². The van der Waals surface area contributed by atoms with Crippen molar-refractivity contribution < 1.29 is 29.0 Å². The number of amides is 3. The van der Waals surface area contributed by atoms with Gasteiger partial charge in [0.2, 0.25) is 17.7 Å². The Morgan fingerprint density at radius 2 is 1.81 bits per heavy atom. The van der Waals surface area contributed by atoms with Crippen molar-refractivity contribution >= 4 is 17.7 Å². The zero-order valence-corrected chi connectivity index (χ0v) is 22.3. The molecular formula is C26H44N4O6. The van der Waals surface area contributed by atoms with E-state index in [1.165, 1.54) is 0 Å². The monoisotopic (exact) mass is 508 g/mol. The molecule has 3 amide bonds. The molecule has 3 N–H and O–H groups in total. The summed E-state index contributed by atoms with van der Waals surface area (Å²) in [7, 11) is 0. The molecule has 204 valence electrons. The first-order chi connectivity index (χ1) is 17.3. The van der Waals surface area contributed by atoms with Crippen molar-refractivity contribution in [3.8, 4) is 0 Å². The van der Waals surface area contributed by atoms with E-state index in [1.807, 2.05) is 27.7 Å². The summed E-state index contributed by atoms with van der Waals surface area (Å²) in [5.74, 6) is -2.12. The second-order valence-corrected chi connectivity index (χ2v) is 11.1. The van der Waals surface area contributed by atoms with Crippen LogP contribution in [0.1, 0.15) is 53.4 Å². The van der Waals surface area contributed by atoms with E-state index in [0.29, 0.717) is 52.1 Å². The van der Waals surface area contributed by atoms with Crippen LogP contribution < -0.4 is 10.6 Å². The predicted molar refractivity (Wildman–Crippen MR) is 133 cm³/mol. The van der Waals surface area contributed by atoms with Gasteiger partial charge in [-0.2, -0.15) is 0 Å². The number of hydrogen-bond acceptors (Lipinski definition) is 7. The first-order valence-electron chi connectivity index (χ1n) is 13.7. The summed E-state index contributed by atoms with van der Waals surface area (Å²) in [5.41, 5.74) is -1.81. The summed E-state index contributed by atoms with van der Waals surface area (Å²) in [6, 6.07) is -1.41. The van der Waals surface area contributed by atoms with Crippen LogP contribution in [-0.2, 0) is 23.9 Å². The van der Waals surface area contributed by atoms with Crippen LogP contribution in [0.3, 0.4) is 0 Å². The van der Waals surface area contributed by atoms with Crippen LogP contribution in [0.25, 0.3) is 0 Å². The first-order valence-corrected chi connectivity index (χ1v) is 13.7. The van der Waals surface area contributed by atoms with Crippen molar-refractivity contribution in [2.45, 2.75) is 76.7 Å². The van der Waals surface area contributed by atoms with Crippen molar-refractivity contribution in [1.29, 1.82) is 0 Å². The Kier molecular flexibility index (Phi) is 8.29. The Balaban J connectivity index is 1.64. The third kappa shape index (κ3) is 4.44. The molecule has 4 rings (SSSR count). The number of aliphatic hydroxyl groups is 1. The molecule has 4 aliphatic rings. The van der Waals surface area contributed by atoms with Crippen LogP contribution >= 0.6 is 0 Å². The average molecular weight is 509 g/mol. The molecule has 0 saturated carbocycles. The SMILES string of the molecule is CCCNC(=O)[C@@H]1[C@H]2C(=O)N([C@@H](CO)C(C)C)C(C(=O)NCCN3CCOCC3)C23CC[C@@]1(CC)O3. The third-order valence-electron chi connectivity index (χ3n) is 8.84. The van der Waals surface area contributed by atoms with Gasteiger partial charge in [-0.1, -0.05) is 27.7 Å². The molecule has 1 spiro atoms. The maximum Gasteiger partial charge on any atom is 0.245 e.